The molecule has 0 amide bonds. The van der Waals surface area contributed by atoms with Crippen LogP contribution >= 0.6 is 15.9 Å². The molecule has 3 heterocycles. The highest BCUT2D eigenvalue weighted by Crippen LogP contribution is 2.27. The lowest BCUT2D eigenvalue weighted by Gasteiger charge is -2.24. The van der Waals surface area contributed by atoms with Crippen molar-refractivity contribution < 1.29 is 0 Å². The number of aromatic nitrogens is 3. The molecule has 6 heteroatoms. The lowest BCUT2D eigenvalue weighted by Crippen LogP contribution is -2.32. The van der Waals surface area contributed by atoms with Gasteiger partial charge in [-0.1, -0.05) is 0 Å². The summed E-state index contributed by atoms with van der Waals surface area (Å²) in [5.41, 5.74) is 1.19. The SMILES string of the molecule is C[C@@H]1C[C@@H](N(C)C)CN1c1ccc(-n2cnc(Br)c2)nc1. The molecule has 0 unspecified atom stereocenters. The summed E-state index contributed by atoms with van der Waals surface area (Å²) in [6, 6.07) is 5.35. The first kappa shape index (κ1) is 14.5. The molecule has 1 fully saturated rings. The quantitative estimate of drug-likeness (QED) is 0.853. The molecule has 2 atom stereocenters. The van der Waals surface area contributed by atoms with Gasteiger partial charge in [0.25, 0.3) is 0 Å². The Morgan fingerprint density at radius 3 is 2.62 bits per heavy atom. The van der Waals surface area contributed by atoms with E-state index in [1.54, 1.807) is 6.33 Å². The van der Waals surface area contributed by atoms with Gasteiger partial charge in [-0.15, -0.1) is 0 Å². The average Bonchev–Trinajstić information content (AvgIpc) is 3.05. The van der Waals surface area contributed by atoms with Crippen molar-refractivity contribution >= 4 is 21.6 Å². The third-order valence-electron chi connectivity index (χ3n) is 4.16. The smallest absolute Gasteiger partial charge is 0.137 e. The van der Waals surface area contributed by atoms with Gasteiger partial charge in [0, 0.05) is 24.8 Å². The van der Waals surface area contributed by atoms with Crippen LogP contribution in [0.2, 0.25) is 0 Å². The van der Waals surface area contributed by atoms with Crippen molar-refractivity contribution in [3.05, 3.63) is 35.5 Å². The van der Waals surface area contributed by atoms with Gasteiger partial charge in [0.1, 0.15) is 16.7 Å². The highest BCUT2D eigenvalue weighted by Gasteiger charge is 2.30. The van der Waals surface area contributed by atoms with E-state index in [0.717, 1.165) is 17.0 Å². The molecule has 0 aliphatic carbocycles. The Morgan fingerprint density at radius 2 is 2.10 bits per heavy atom. The third kappa shape index (κ3) is 2.96. The van der Waals surface area contributed by atoms with Gasteiger partial charge in [-0.3, -0.25) is 4.57 Å². The van der Waals surface area contributed by atoms with Gasteiger partial charge in [0.05, 0.1) is 11.9 Å². The number of hydrogen-bond acceptors (Lipinski definition) is 4. The minimum atomic E-state index is 0.549. The Balaban J connectivity index is 1.78. The van der Waals surface area contributed by atoms with E-state index < -0.39 is 0 Å². The summed E-state index contributed by atoms with van der Waals surface area (Å²) >= 11 is 3.35. The maximum absolute atomic E-state index is 4.56. The van der Waals surface area contributed by atoms with Crippen LogP contribution in [-0.4, -0.2) is 52.2 Å². The molecule has 1 saturated heterocycles. The molecular weight excluding hydrogens is 330 g/mol. The zero-order valence-corrected chi connectivity index (χ0v) is 14.2. The zero-order chi connectivity index (χ0) is 15.0. The van der Waals surface area contributed by atoms with Gasteiger partial charge in [-0.05, 0) is 55.5 Å². The number of anilines is 1. The van der Waals surface area contributed by atoms with Crippen molar-refractivity contribution in [3.8, 4) is 5.82 Å². The van der Waals surface area contributed by atoms with Crippen molar-refractivity contribution in [2.24, 2.45) is 0 Å². The molecule has 112 valence electrons. The summed E-state index contributed by atoms with van der Waals surface area (Å²) in [4.78, 5) is 13.5. The normalized spacial score (nSPS) is 22.2. The molecule has 21 heavy (non-hydrogen) atoms. The Labute approximate surface area is 133 Å². The third-order valence-corrected chi connectivity index (χ3v) is 4.57. The molecule has 2 aromatic heterocycles. The lowest BCUT2D eigenvalue weighted by molar-refractivity contribution is 0.311. The second-order valence-electron chi connectivity index (χ2n) is 5.83. The van der Waals surface area contributed by atoms with Crippen LogP contribution in [0.4, 0.5) is 5.69 Å². The summed E-state index contributed by atoms with van der Waals surface area (Å²) in [6.45, 7) is 3.34. The van der Waals surface area contributed by atoms with Gasteiger partial charge in [-0.2, -0.15) is 0 Å². The molecule has 0 aromatic carbocycles. The topological polar surface area (TPSA) is 37.2 Å². The summed E-state index contributed by atoms with van der Waals surface area (Å²) in [6.07, 6.45) is 6.82. The molecule has 2 aromatic rings. The molecule has 3 rings (SSSR count). The van der Waals surface area contributed by atoms with Crippen molar-refractivity contribution in [3.63, 3.8) is 0 Å². The summed E-state index contributed by atoms with van der Waals surface area (Å²) in [5.74, 6) is 0.882. The number of pyridine rings is 1. The molecule has 5 nitrogen and oxygen atoms in total. The summed E-state index contributed by atoms with van der Waals surface area (Å²) in [5, 5.41) is 0. The summed E-state index contributed by atoms with van der Waals surface area (Å²) in [7, 11) is 4.30. The van der Waals surface area contributed by atoms with Crippen LogP contribution in [0.25, 0.3) is 5.82 Å². The number of halogens is 1. The van der Waals surface area contributed by atoms with E-state index in [4.69, 9.17) is 0 Å². The molecule has 0 saturated carbocycles. The molecule has 0 spiro atoms. The maximum Gasteiger partial charge on any atom is 0.137 e. The van der Waals surface area contributed by atoms with Gasteiger partial charge in [0.15, 0.2) is 0 Å². The van der Waals surface area contributed by atoms with Crippen molar-refractivity contribution in [1.29, 1.82) is 0 Å². The second kappa shape index (κ2) is 5.77. The largest absolute Gasteiger partial charge is 0.366 e. The van der Waals surface area contributed by atoms with Crippen molar-refractivity contribution in [2.75, 3.05) is 25.5 Å². The highest BCUT2D eigenvalue weighted by molar-refractivity contribution is 9.10. The van der Waals surface area contributed by atoms with E-state index in [-0.39, 0.29) is 0 Å². The summed E-state index contributed by atoms with van der Waals surface area (Å²) < 4.78 is 2.72. The average molecular weight is 350 g/mol. The predicted molar refractivity (Wildman–Crippen MR) is 88.0 cm³/mol. The second-order valence-corrected chi connectivity index (χ2v) is 6.65. The fraction of sp³-hybridized carbons (Fsp3) is 0.467. The van der Waals surface area contributed by atoms with Crippen LogP contribution in [0.3, 0.4) is 0 Å². The number of hydrogen-bond donors (Lipinski definition) is 0. The monoisotopic (exact) mass is 349 g/mol. The van der Waals surface area contributed by atoms with Crippen LogP contribution < -0.4 is 4.90 Å². The minimum Gasteiger partial charge on any atom is -0.366 e. The molecular formula is C15H20BrN5. The molecule has 0 N–H and O–H groups in total. The maximum atomic E-state index is 4.56. The molecule has 0 bridgehead atoms. The molecule has 1 aliphatic heterocycles. The van der Waals surface area contributed by atoms with E-state index in [1.165, 1.54) is 12.1 Å². The van der Waals surface area contributed by atoms with E-state index >= 15 is 0 Å². The van der Waals surface area contributed by atoms with Crippen molar-refractivity contribution in [2.45, 2.75) is 25.4 Å². The first-order chi connectivity index (χ1) is 10.0. The van der Waals surface area contributed by atoms with E-state index in [2.05, 4.69) is 62.8 Å². The lowest BCUT2D eigenvalue weighted by atomic mass is 10.2. The Kier molecular flexibility index (Phi) is 3.99. The Morgan fingerprint density at radius 1 is 1.29 bits per heavy atom. The van der Waals surface area contributed by atoms with Gasteiger partial charge in [-0.25, -0.2) is 9.97 Å². The number of nitrogens with zero attached hydrogens (tertiary/aromatic N) is 5. The van der Waals surface area contributed by atoms with Crippen LogP contribution in [0, 0.1) is 0 Å². The van der Waals surface area contributed by atoms with Crippen LogP contribution in [0.1, 0.15) is 13.3 Å². The first-order valence-electron chi connectivity index (χ1n) is 7.13. The van der Waals surface area contributed by atoms with Gasteiger partial charge in [0.2, 0.25) is 0 Å². The van der Waals surface area contributed by atoms with Crippen molar-refractivity contribution in [1.82, 2.24) is 19.4 Å². The van der Waals surface area contributed by atoms with Crippen LogP contribution in [-0.2, 0) is 0 Å². The number of rotatable bonds is 3. The van der Waals surface area contributed by atoms with Gasteiger partial charge < -0.3 is 9.80 Å². The van der Waals surface area contributed by atoms with E-state index in [0.29, 0.717) is 12.1 Å². The Bertz CT molecular complexity index is 607. The number of imidazole rings is 1. The number of likely N-dealkylation sites (N-methyl/N-ethyl adjacent to an activating group) is 1. The predicted octanol–water partition coefficient (Wildman–Crippen LogP) is 2.56. The fourth-order valence-electron chi connectivity index (χ4n) is 2.86. The minimum absolute atomic E-state index is 0.549. The Hall–Kier alpha value is -1.40. The van der Waals surface area contributed by atoms with Crippen LogP contribution in [0.15, 0.2) is 35.5 Å². The fourth-order valence-corrected chi connectivity index (χ4v) is 3.17. The molecule has 0 radical (unpaired) electrons. The zero-order valence-electron chi connectivity index (χ0n) is 12.6. The molecule has 1 aliphatic rings. The highest BCUT2D eigenvalue weighted by atomic mass is 79.9. The van der Waals surface area contributed by atoms with Crippen LogP contribution in [0.5, 0.6) is 0 Å². The first-order valence-corrected chi connectivity index (χ1v) is 7.93. The standard InChI is InChI=1S/C15H20BrN5/c1-11-6-13(19(2)3)8-21(11)12-4-5-15(17-7-12)20-9-14(16)18-10-20/h4-5,7,9-11,13H,6,8H2,1-3H3/t11-,13-/m1/s1. The van der Waals surface area contributed by atoms with E-state index in [9.17, 15) is 0 Å². The van der Waals surface area contributed by atoms with Gasteiger partial charge >= 0.3 is 0 Å². The van der Waals surface area contributed by atoms with E-state index in [1.807, 2.05) is 23.0 Å².